The second kappa shape index (κ2) is 7.50. The second-order valence-corrected chi connectivity index (χ2v) is 7.37. The molecular weight excluding hydrogens is 365 g/mol. The molecule has 146 valence electrons. The average molecular weight is 386 g/mol. The minimum atomic E-state index is -4.58. The lowest BCUT2D eigenvalue weighted by atomic mass is 9.86. The summed E-state index contributed by atoms with van der Waals surface area (Å²) in [7, 11) is 0. The maximum atomic E-state index is 13.5. The quantitative estimate of drug-likeness (QED) is 0.554. The molecule has 4 nitrogen and oxygen atoms in total. The Kier molecular flexibility index (Phi) is 5.27. The topological polar surface area (TPSA) is 49.8 Å². The molecule has 3 rings (SSSR count). The molecule has 0 bridgehead atoms. The van der Waals surface area contributed by atoms with Crippen LogP contribution in [0, 0.1) is 0 Å². The third kappa shape index (κ3) is 4.60. The molecule has 0 radical (unpaired) electrons. The Balaban J connectivity index is 2.02. The summed E-state index contributed by atoms with van der Waals surface area (Å²) in [6.45, 7) is 6.00. The maximum Gasteiger partial charge on any atom is 0.421 e. The summed E-state index contributed by atoms with van der Waals surface area (Å²) >= 11 is 0. The van der Waals surface area contributed by atoms with Crippen molar-refractivity contribution in [2.45, 2.75) is 32.4 Å². The summed E-state index contributed by atoms with van der Waals surface area (Å²) in [6.07, 6.45) is -3.79. The first-order valence-electron chi connectivity index (χ1n) is 8.77. The molecule has 1 aromatic heterocycles. The lowest BCUT2D eigenvalue weighted by Gasteiger charge is -2.24. The summed E-state index contributed by atoms with van der Waals surface area (Å²) in [5.74, 6) is -0.215. The molecule has 0 unspecified atom stereocenters. The van der Waals surface area contributed by atoms with Gasteiger partial charge >= 0.3 is 6.18 Å². The molecule has 0 atom stereocenters. The number of rotatable bonds is 4. The van der Waals surface area contributed by atoms with Crippen LogP contribution in [0.5, 0.6) is 0 Å². The molecule has 28 heavy (non-hydrogen) atoms. The molecule has 0 aliphatic rings. The first kappa shape index (κ1) is 19.7. The van der Waals surface area contributed by atoms with E-state index in [-0.39, 0.29) is 17.2 Å². The van der Waals surface area contributed by atoms with Gasteiger partial charge in [0, 0.05) is 17.6 Å². The van der Waals surface area contributed by atoms with Gasteiger partial charge in [0.15, 0.2) is 0 Å². The Bertz CT molecular complexity index is 948. The SMILES string of the molecule is CC(C)(C)c1ccccc1Nc1nc(Nc2ccccc2)ncc1C(F)(F)F. The highest BCUT2D eigenvalue weighted by atomic mass is 19.4. The zero-order chi connectivity index (χ0) is 20.4. The Morgan fingerprint density at radius 3 is 2.07 bits per heavy atom. The van der Waals surface area contributed by atoms with Crippen molar-refractivity contribution < 1.29 is 13.2 Å². The molecule has 0 fully saturated rings. The van der Waals surface area contributed by atoms with E-state index in [1.54, 1.807) is 24.3 Å². The van der Waals surface area contributed by atoms with Gasteiger partial charge in [-0.25, -0.2) is 4.98 Å². The van der Waals surface area contributed by atoms with Crippen LogP contribution >= 0.6 is 0 Å². The normalized spacial score (nSPS) is 11.9. The van der Waals surface area contributed by atoms with Crippen molar-refractivity contribution in [1.29, 1.82) is 0 Å². The van der Waals surface area contributed by atoms with Crippen LogP contribution in [0.2, 0.25) is 0 Å². The number of anilines is 4. The molecular formula is C21H21F3N4. The monoisotopic (exact) mass is 386 g/mol. The van der Waals surface area contributed by atoms with Gasteiger partial charge in [-0.15, -0.1) is 0 Å². The summed E-state index contributed by atoms with van der Waals surface area (Å²) in [5, 5.41) is 5.79. The van der Waals surface area contributed by atoms with E-state index in [0.717, 1.165) is 11.8 Å². The van der Waals surface area contributed by atoms with Gasteiger partial charge in [0.1, 0.15) is 11.4 Å². The van der Waals surface area contributed by atoms with E-state index in [0.29, 0.717) is 11.4 Å². The van der Waals surface area contributed by atoms with Crippen LogP contribution in [-0.2, 0) is 11.6 Å². The minimum absolute atomic E-state index is 0.0786. The van der Waals surface area contributed by atoms with E-state index >= 15 is 0 Å². The molecule has 2 N–H and O–H groups in total. The smallest absolute Gasteiger partial charge is 0.339 e. The Morgan fingerprint density at radius 1 is 0.786 bits per heavy atom. The fourth-order valence-corrected chi connectivity index (χ4v) is 2.77. The van der Waals surface area contributed by atoms with E-state index < -0.39 is 11.7 Å². The van der Waals surface area contributed by atoms with Crippen molar-refractivity contribution >= 4 is 23.1 Å². The van der Waals surface area contributed by atoms with Crippen molar-refractivity contribution in [1.82, 2.24) is 9.97 Å². The number of nitrogens with zero attached hydrogens (tertiary/aromatic N) is 2. The average Bonchev–Trinajstić information content (AvgIpc) is 2.61. The summed E-state index contributed by atoms with van der Waals surface area (Å²) < 4.78 is 40.5. The van der Waals surface area contributed by atoms with Gasteiger partial charge in [0.25, 0.3) is 0 Å². The molecule has 2 aromatic carbocycles. The third-order valence-electron chi connectivity index (χ3n) is 4.11. The molecule has 1 heterocycles. The van der Waals surface area contributed by atoms with Crippen molar-refractivity contribution in [2.24, 2.45) is 0 Å². The van der Waals surface area contributed by atoms with Crippen molar-refractivity contribution in [2.75, 3.05) is 10.6 Å². The first-order valence-corrected chi connectivity index (χ1v) is 8.77. The zero-order valence-corrected chi connectivity index (χ0v) is 15.8. The standard InChI is InChI=1S/C21H21F3N4/c1-20(2,3)15-11-7-8-12-17(15)27-18-16(21(22,23)24)13-25-19(28-18)26-14-9-5-4-6-10-14/h4-13H,1-3H3,(H2,25,26,27,28). The Labute approximate surface area is 161 Å². The third-order valence-corrected chi connectivity index (χ3v) is 4.11. The van der Waals surface area contributed by atoms with Crippen LogP contribution in [0.3, 0.4) is 0 Å². The van der Waals surface area contributed by atoms with Gasteiger partial charge in [-0.1, -0.05) is 57.2 Å². The van der Waals surface area contributed by atoms with Crippen molar-refractivity contribution in [3.05, 3.63) is 71.9 Å². The predicted molar refractivity (Wildman–Crippen MR) is 105 cm³/mol. The second-order valence-electron chi connectivity index (χ2n) is 7.37. The summed E-state index contributed by atoms with van der Waals surface area (Å²) in [4.78, 5) is 7.93. The lowest BCUT2D eigenvalue weighted by Crippen LogP contribution is -2.16. The molecule has 3 aromatic rings. The van der Waals surface area contributed by atoms with Crippen LogP contribution in [0.15, 0.2) is 60.8 Å². The number of hydrogen-bond acceptors (Lipinski definition) is 4. The molecule has 7 heteroatoms. The van der Waals surface area contributed by atoms with Gasteiger partial charge in [-0.2, -0.15) is 18.2 Å². The Morgan fingerprint density at radius 2 is 1.43 bits per heavy atom. The fraction of sp³-hybridized carbons (Fsp3) is 0.238. The van der Waals surface area contributed by atoms with Gasteiger partial charge in [-0.3, -0.25) is 0 Å². The van der Waals surface area contributed by atoms with Crippen LogP contribution in [-0.4, -0.2) is 9.97 Å². The van der Waals surface area contributed by atoms with E-state index in [1.165, 1.54) is 0 Å². The zero-order valence-electron chi connectivity index (χ0n) is 15.8. The number of benzene rings is 2. The van der Waals surface area contributed by atoms with Crippen LogP contribution < -0.4 is 10.6 Å². The predicted octanol–water partition coefficient (Wildman–Crippen LogP) is 6.28. The van der Waals surface area contributed by atoms with Crippen LogP contribution in [0.1, 0.15) is 31.9 Å². The van der Waals surface area contributed by atoms with Crippen molar-refractivity contribution in [3.63, 3.8) is 0 Å². The van der Waals surface area contributed by atoms with E-state index in [4.69, 9.17) is 0 Å². The number of alkyl halides is 3. The molecule has 0 amide bonds. The van der Waals surface area contributed by atoms with Gasteiger partial charge in [0.2, 0.25) is 5.95 Å². The number of aromatic nitrogens is 2. The van der Waals surface area contributed by atoms with Gasteiger partial charge in [-0.05, 0) is 29.2 Å². The van der Waals surface area contributed by atoms with Crippen LogP contribution in [0.4, 0.5) is 36.3 Å². The van der Waals surface area contributed by atoms with Gasteiger partial charge in [0.05, 0.1) is 0 Å². The minimum Gasteiger partial charge on any atom is -0.339 e. The fourth-order valence-electron chi connectivity index (χ4n) is 2.77. The highest BCUT2D eigenvalue weighted by Gasteiger charge is 2.35. The Hall–Kier alpha value is -3.09. The molecule has 0 saturated heterocycles. The van der Waals surface area contributed by atoms with E-state index in [9.17, 15) is 13.2 Å². The van der Waals surface area contributed by atoms with Crippen molar-refractivity contribution in [3.8, 4) is 0 Å². The van der Waals surface area contributed by atoms with Gasteiger partial charge < -0.3 is 10.6 Å². The highest BCUT2D eigenvalue weighted by Crippen LogP contribution is 2.37. The number of hydrogen-bond donors (Lipinski definition) is 2. The van der Waals surface area contributed by atoms with E-state index in [1.807, 2.05) is 51.1 Å². The number of halogens is 3. The molecule has 0 aliphatic heterocycles. The summed E-state index contributed by atoms with van der Waals surface area (Å²) in [5.41, 5.74) is 0.974. The largest absolute Gasteiger partial charge is 0.421 e. The first-order chi connectivity index (χ1) is 13.1. The maximum absolute atomic E-state index is 13.5. The lowest BCUT2D eigenvalue weighted by molar-refractivity contribution is -0.137. The van der Waals surface area contributed by atoms with E-state index in [2.05, 4.69) is 20.6 Å². The number of nitrogens with one attached hydrogen (secondary N) is 2. The number of para-hydroxylation sites is 2. The van der Waals surface area contributed by atoms with Crippen LogP contribution in [0.25, 0.3) is 0 Å². The molecule has 0 aliphatic carbocycles. The molecule has 0 spiro atoms. The highest BCUT2D eigenvalue weighted by molar-refractivity contribution is 5.66. The summed E-state index contributed by atoms with van der Waals surface area (Å²) in [6, 6.07) is 16.3. The molecule has 0 saturated carbocycles.